The second-order valence-corrected chi connectivity index (χ2v) is 9.98. The van der Waals surface area contributed by atoms with E-state index in [1.165, 1.54) is 47.7 Å². The fraction of sp³-hybridized carbons (Fsp3) is 0.706. The molecule has 0 radical (unpaired) electrons. The van der Waals surface area contributed by atoms with Crippen LogP contribution in [0.3, 0.4) is 0 Å². The summed E-state index contributed by atoms with van der Waals surface area (Å²) in [7, 11) is -1.65. The van der Waals surface area contributed by atoms with E-state index in [9.17, 15) is 8.42 Å². The third-order valence-corrected chi connectivity index (χ3v) is 8.25. The van der Waals surface area contributed by atoms with Crippen LogP contribution in [0.5, 0.6) is 0 Å². The fourth-order valence-electron chi connectivity index (χ4n) is 3.31. The summed E-state index contributed by atoms with van der Waals surface area (Å²) in [4.78, 5) is 5.26. The SMILES string of the molecule is CN=C(NCc1ccc(S(=O)(=O)N2CCOCC2)s1)NC1CCCCC1. The normalized spacial score (nSPS) is 20.9. The van der Waals surface area contributed by atoms with Crippen molar-refractivity contribution >= 4 is 27.3 Å². The standard InChI is InChI=1S/C17H28N4O3S2/c1-18-17(20-14-5-3-2-4-6-14)19-13-15-7-8-16(25-15)26(22,23)21-9-11-24-12-10-21/h7-8,14H,2-6,9-13H2,1H3,(H2,18,19,20). The van der Waals surface area contributed by atoms with Gasteiger partial charge in [0, 0.05) is 31.1 Å². The fourth-order valence-corrected chi connectivity index (χ4v) is 6.17. The highest BCUT2D eigenvalue weighted by molar-refractivity contribution is 7.91. The van der Waals surface area contributed by atoms with E-state index < -0.39 is 10.0 Å². The second-order valence-electron chi connectivity index (χ2n) is 6.64. The molecule has 1 saturated heterocycles. The van der Waals surface area contributed by atoms with Gasteiger partial charge in [-0.05, 0) is 25.0 Å². The lowest BCUT2D eigenvalue weighted by atomic mass is 9.96. The Balaban J connectivity index is 1.55. The Morgan fingerprint density at radius 2 is 2.00 bits per heavy atom. The van der Waals surface area contributed by atoms with Crippen molar-refractivity contribution in [3.8, 4) is 0 Å². The van der Waals surface area contributed by atoms with Gasteiger partial charge in [-0.3, -0.25) is 4.99 Å². The minimum Gasteiger partial charge on any atom is -0.379 e. The highest BCUT2D eigenvalue weighted by Gasteiger charge is 2.27. The molecule has 0 bridgehead atoms. The van der Waals surface area contributed by atoms with Crippen LogP contribution < -0.4 is 10.6 Å². The quantitative estimate of drug-likeness (QED) is 0.581. The van der Waals surface area contributed by atoms with Gasteiger partial charge in [0.2, 0.25) is 0 Å². The molecule has 26 heavy (non-hydrogen) atoms. The first-order valence-electron chi connectivity index (χ1n) is 9.23. The maximum absolute atomic E-state index is 12.7. The Labute approximate surface area is 159 Å². The van der Waals surface area contributed by atoms with Crippen molar-refractivity contribution in [3.63, 3.8) is 0 Å². The van der Waals surface area contributed by atoms with E-state index in [1.807, 2.05) is 6.07 Å². The molecule has 0 spiro atoms. The largest absolute Gasteiger partial charge is 0.379 e. The van der Waals surface area contributed by atoms with E-state index in [4.69, 9.17) is 4.74 Å². The molecule has 2 N–H and O–H groups in total. The zero-order valence-corrected chi connectivity index (χ0v) is 16.9. The molecule has 1 aromatic rings. The first-order chi connectivity index (χ1) is 12.6. The van der Waals surface area contributed by atoms with Crippen molar-refractivity contribution in [3.05, 3.63) is 17.0 Å². The van der Waals surface area contributed by atoms with Crippen LogP contribution in [0.4, 0.5) is 0 Å². The van der Waals surface area contributed by atoms with Crippen LogP contribution in [0.25, 0.3) is 0 Å². The number of guanidine groups is 1. The third kappa shape index (κ3) is 4.97. The van der Waals surface area contributed by atoms with Gasteiger partial charge in [-0.2, -0.15) is 4.31 Å². The number of sulfonamides is 1. The number of nitrogens with zero attached hydrogens (tertiary/aromatic N) is 2. The van der Waals surface area contributed by atoms with Crippen LogP contribution in [-0.2, 0) is 21.3 Å². The smallest absolute Gasteiger partial charge is 0.252 e. The molecule has 1 aliphatic heterocycles. The van der Waals surface area contributed by atoms with Gasteiger partial charge in [0.1, 0.15) is 4.21 Å². The molecule has 9 heteroatoms. The molecule has 7 nitrogen and oxygen atoms in total. The molecule has 2 aliphatic rings. The van der Waals surface area contributed by atoms with Crippen LogP contribution >= 0.6 is 11.3 Å². The number of rotatable bonds is 5. The number of thiophene rings is 1. The summed E-state index contributed by atoms with van der Waals surface area (Å²) in [5, 5.41) is 6.77. The van der Waals surface area contributed by atoms with Gasteiger partial charge in [-0.1, -0.05) is 19.3 Å². The molecular formula is C17H28N4O3S2. The third-order valence-electron chi connectivity index (χ3n) is 4.80. The maximum atomic E-state index is 12.7. The first-order valence-corrected chi connectivity index (χ1v) is 11.5. The highest BCUT2D eigenvalue weighted by Crippen LogP contribution is 2.25. The summed E-state index contributed by atoms with van der Waals surface area (Å²) < 4.78 is 32.5. The number of hydrogen-bond donors (Lipinski definition) is 2. The van der Waals surface area contributed by atoms with Gasteiger partial charge < -0.3 is 15.4 Å². The first kappa shape index (κ1) is 19.6. The second kappa shape index (κ2) is 9.16. The molecule has 3 rings (SSSR count). The molecule has 0 amide bonds. The van der Waals surface area contributed by atoms with Crippen molar-refractivity contribution in [1.82, 2.24) is 14.9 Å². The number of hydrogen-bond acceptors (Lipinski definition) is 5. The summed E-state index contributed by atoms with van der Waals surface area (Å²) in [6, 6.07) is 4.05. The molecule has 0 unspecified atom stereocenters. The average molecular weight is 401 g/mol. The Morgan fingerprint density at radius 1 is 1.27 bits per heavy atom. The van der Waals surface area contributed by atoms with E-state index >= 15 is 0 Å². The van der Waals surface area contributed by atoms with Crippen molar-refractivity contribution in [2.75, 3.05) is 33.4 Å². The molecule has 0 aromatic carbocycles. The molecule has 1 saturated carbocycles. The van der Waals surface area contributed by atoms with Crippen molar-refractivity contribution in [2.24, 2.45) is 4.99 Å². The topological polar surface area (TPSA) is 83.0 Å². The maximum Gasteiger partial charge on any atom is 0.252 e. The molecule has 2 heterocycles. The lowest BCUT2D eigenvalue weighted by molar-refractivity contribution is 0.0731. The van der Waals surface area contributed by atoms with Crippen LogP contribution in [0.2, 0.25) is 0 Å². The van der Waals surface area contributed by atoms with E-state index in [1.54, 1.807) is 13.1 Å². The van der Waals surface area contributed by atoms with Gasteiger partial charge in [0.05, 0.1) is 19.8 Å². The Morgan fingerprint density at radius 3 is 2.69 bits per heavy atom. The van der Waals surface area contributed by atoms with Crippen molar-refractivity contribution < 1.29 is 13.2 Å². The summed E-state index contributed by atoms with van der Waals surface area (Å²) >= 11 is 1.32. The molecular weight excluding hydrogens is 372 g/mol. The van der Waals surface area contributed by atoms with Crippen LogP contribution in [0.1, 0.15) is 37.0 Å². The minimum atomic E-state index is -3.41. The predicted octanol–water partition coefficient (Wildman–Crippen LogP) is 1.77. The van der Waals surface area contributed by atoms with E-state index in [-0.39, 0.29) is 0 Å². The van der Waals surface area contributed by atoms with Crippen LogP contribution in [-0.4, -0.2) is 58.1 Å². The highest BCUT2D eigenvalue weighted by atomic mass is 32.2. The monoisotopic (exact) mass is 400 g/mol. The number of ether oxygens (including phenoxy) is 1. The molecule has 1 aliphatic carbocycles. The van der Waals surface area contributed by atoms with Crippen LogP contribution in [0.15, 0.2) is 21.3 Å². The number of morpholine rings is 1. The van der Waals surface area contributed by atoms with Crippen molar-refractivity contribution in [1.29, 1.82) is 0 Å². The number of nitrogens with one attached hydrogen (secondary N) is 2. The zero-order valence-electron chi connectivity index (χ0n) is 15.2. The van der Waals surface area contributed by atoms with Gasteiger partial charge in [-0.15, -0.1) is 11.3 Å². The molecule has 2 fully saturated rings. The summed E-state index contributed by atoms with van der Waals surface area (Å²) in [6.07, 6.45) is 6.22. The Bertz CT molecular complexity index is 705. The van der Waals surface area contributed by atoms with Crippen LogP contribution in [0, 0.1) is 0 Å². The van der Waals surface area contributed by atoms with Gasteiger partial charge in [0.15, 0.2) is 5.96 Å². The molecule has 1 aromatic heterocycles. The average Bonchev–Trinajstić information content (AvgIpc) is 3.16. The van der Waals surface area contributed by atoms with E-state index in [0.717, 1.165) is 10.8 Å². The predicted molar refractivity (Wildman–Crippen MR) is 104 cm³/mol. The van der Waals surface area contributed by atoms with Gasteiger partial charge >= 0.3 is 0 Å². The summed E-state index contributed by atoms with van der Waals surface area (Å²) in [5.74, 6) is 0.780. The van der Waals surface area contributed by atoms with E-state index in [2.05, 4.69) is 15.6 Å². The Kier molecular flexibility index (Phi) is 6.91. The van der Waals surface area contributed by atoms with Crippen molar-refractivity contribution in [2.45, 2.75) is 48.9 Å². The zero-order chi connectivity index (χ0) is 18.4. The summed E-state index contributed by atoms with van der Waals surface area (Å²) in [5.41, 5.74) is 0. The van der Waals surface area contributed by atoms with E-state index in [0.29, 0.717) is 43.1 Å². The lowest BCUT2D eigenvalue weighted by Crippen LogP contribution is -2.43. The summed E-state index contributed by atoms with van der Waals surface area (Å²) in [6.45, 7) is 2.33. The minimum absolute atomic E-state index is 0.395. The van der Waals surface area contributed by atoms with Gasteiger partial charge in [-0.25, -0.2) is 8.42 Å². The molecule has 146 valence electrons. The van der Waals surface area contributed by atoms with Gasteiger partial charge in [0.25, 0.3) is 10.0 Å². The Hall–Kier alpha value is -1.16. The molecule has 0 atom stereocenters. The lowest BCUT2D eigenvalue weighted by Gasteiger charge is -2.25. The number of aliphatic imine (C=N–C) groups is 1.